The molecule has 0 aromatic heterocycles. The average Bonchev–Trinajstić information content (AvgIpc) is 2.51. The Labute approximate surface area is 93.5 Å². The first-order valence-electron chi connectivity index (χ1n) is 6.36. The monoisotopic (exact) mass is 211 g/mol. The maximum absolute atomic E-state index is 8.80. The lowest BCUT2D eigenvalue weighted by molar-refractivity contribution is 0.120. The molecule has 2 aliphatic carbocycles. The van der Waals surface area contributed by atoms with E-state index >= 15 is 0 Å². The highest BCUT2D eigenvalue weighted by molar-refractivity contribution is 5.12. The summed E-state index contributed by atoms with van der Waals surface area (Å²) in [5.74, 6) is 0.911. The second-order valence-electron chi connectivity index (χ2n) is 6.19. The van der Waals surface area contributed by atoms with E-state index in [0.717, 1.165) is 18.9 Å². The fourth-order valence-electron chi connectivity index (χ4n) is 3.87. The fourth-order valence-corrected chi connectivity index (χ4v) is 3.87. The van der Waals surface area contributed by atoms with Crippen LogP contribution in [0.25, 0.3) is 0 Å². The molecule has 2 nitrogen and oxygen atoms in total. The van der Waals surface area contributed by atoms with Crippen LogP contribution in [0.15, 0.2) is 0 Å². The second-order valence-corrected chi connectivity index (χ2v) is 6.19. The average molecular weight is 211 g/mol. The third-order valence-corrected chi connectivity index (χ3v) is 5.52. The van der Waals surface area contributed by atoms with Gasteiger partial charge in [-0.25, -0.2) is 0 Å². The maximum Gasteiger partial charge on any atom is 0.0443 e. The molecule has 0 unspecified atom stereocenters. The molecule has 2 bridgehead atoms. The van der Waals surface area contributed by atoms with Crippen molar-refractivity contribution in [2.24, 2.45) is 16.7 Å². The highest BCUT2D eigenvalue weighted by atomic mass is 16.3. The molecule has 2 aliphatic rings. The molecule has 0 saturated heterocycles. The molecule has 3 atom stereocenters. The largest absolute Gasteiger partial charge is 0.396 e. The van der Waals surface area contributed by atoms with Gasteiger partial charge >= 0.3 is 0 Å². The quantitative estimate of drug-likeness (QED) is 0.699. The van der Waals surface area contributed by atoms with Crippen LogP contribution in [0.4, 0.5) is 0 Å². The van der Waals surface area contributed by atoms with E-state index in [2.05, 4.69) is 26.1 Å². The van der Waals surface area contributed by atoms with Crippen LogP contribution in [-0.4, -0.2) is 24.3 Å². The van der Waals surface area contributed by atoms with E-state index in [9.17, 15) is 0 Å². The highest BCUT2D eigenvalue weighted by Crippen LogP contribution is 2.65. The van der Waals surface area contributed by atoms with E-state index < -0.39 is 0 Å². The summed E-state index contributed by atoms with van der Waals surface area (Å²) in [5.41, 5.74) is 0.983. The van der Waals surface area contributed by atoms with Crippen LogP contribution >= 0.6 is 0 Å². The molecule has 0 heterocycles. The van der Waals surface area contributed by atoms with Crippen LogP contribution in [0.1, 0.15) is 46.5 Å². The molecule has 88 valence electrons. The molecule has 0 aromatic rings. The molecule has 0 amide bonds. The highest BCUT2D eigenvalue weighted by Gasteiger charge is 2.60. The van der Waals surface area contributed by atoms with Gasteiger partial charge in [-0.1, -0.05) is 20.8 Å². The zero-order valence-corrected chi connectivity index (χ0v) is 10.3. The summed E-state index contributed by atoms with van der Waals surface area (Å²) in [6.45, 7) is 8.62. The van der Waals surface area contributed by atoms with Gasteiger partial charge in [-0.05, 0) is 49.0 Å². The zero-order valence-electron chi connectivity index (χ0n) is 10.3. The zero-order chi connectivity index (χ0) is 11.1. The van der Waals surface area contributed by atoms with Crippen LogP contribution in [0.2, 0.25) is 0 Å². The molecule has 2 rings (SSSR count). The Hall–Kier alpha value is -0.0800. The summed E-state index contributed by atoms with van der Waals surface area (Å²) in [7, 11) is 0. The molecule has 2 heteroatoms. The first-order chi connectivity index (χ1) is 7.02. The number of hydrogen-bond donors (Lipinski definition) is 2. The summed E-state index contributed by atoms with van der Waals surface area (Å²) < 4.78 is 0. The van der Waals surface area contributed by atoms with Crippen molar-refractivity contribution in [1.82, 2.24) is 5.32 Å². The lowest BCUT2D eigenvalue weighted by atomic mass is 9.69. The number of hydrogen-bond acceptors (Lipinski definition) is 2. The molecule has 15 heavy (non-hydrogen) atoms. The number of fused-ring (bicyclic) bond motifs is 2. The Bertz CT molecular complexity index is 239. The number of aliphatic hydroxyl groups is 1. The third-order valence-electron chi connectivity index (χ3n) is 5.52. The lowest BCUT2D eigenvalue weighted by Crippen LogP contribution is -2.44. The van der Waals surface area contributed by atoms with E-state index in [0.29, 0.717) is 23.5 Å². The van der Waals surface area contributed by atoms with Gasteiger partial charge in [-0.2, -0.15) is 0 Å². The molecular weight excluding hydrogens is 186 g/mol. The van der Waals surface area contributed by atoms with Crippen LogP contribution in [0, 0.1) is 16.7 Å². The van der Waals surface area contributed by atoms with Crippen molar-refractivity contribution in [2.75, 3.05) is 13.2 Å². The van der Waals surface area contributed by atoms with Crippen molar-refractivity contribution in [3.8, 4) is 0 Å². The number of rotatable bonds is 4. The third kappa shape index (κ3) is 1.53. The van der Waals surface area contributed by atoms with Gasteiger partial charge in [0.2, 0.25) is 0 Å². The summed E-state index contributed by atoms with van der Waals surface area (Å²) in [6, 6.07) is 0.679. The van der Waals surface area contributed by atoms with Crippen molar-refractivity contribution in [2.45, 2.75) is 52.5 Å². The first-order valence-corrected chi connectivity index (χ1v) is 6.36. The van der Waals surface area contributed by atoms with Crippen LogP contribution in [0.5, 0.6) is 0 Å². The number of nitrogens with one attached hydrogen (secondary N) is 1. The second kappa shape index (κ2) is 3.74. The minimum absolute atomic E-state index is 0.309. The van der Waals surface area contributed by atoms with Gasteiger partial charge in [0.15, 0.2) is 0 Å². The SMILES string of the molecule is CC1(C)[C@@H]2CC[C@@]1(C)[C@H](NCCCO)C2. The van der Waals surface area contributed by atoms with Crippen molar-refractivity contribution < 1.29 is 5.11 Å². The summed E-state index contributed by atoms with van der Waals surface area (Å²) >= 11 is 0. The summed E-state index contributed by atoms with van der Waals surface area (Å²) in [4.78, 5) is 0. The topological polar surface area (TPSA) is 32.3 Å². The molecule has 2 N–H and O–H groups in total. The smallest absolute Gasteiger partial charge is 0.0443 e. The summed E-state index contributed by atoms with van der Waals surface area (Å²) in [6.07, 6.45) is 5.02. The van der Waals surface area contributed by atoms with E-state index in [1.165, 1.54) is 19.3 Å². The number of aliphatic hydroxyl groups excluding tert-OH is 1. The van der Waals surface area contributed by atoms with E-state index in [4.69, 9.17) is 5.11 Å². The minimum atomic E-state index is 0.309. The van der Waals surface area contributed by atoms with Gasteiger partial charge in [0.05, 0.1) is 0 Å². The molecule has 0 radical (unpaired) electrons. The Kier molecular flexibility index (Phi) is 2.85. The molecular formula is C13H25NO. The lowest BCUT2D eigenvalue weighted by Gasteiger charge is -2.39. The molecule has 0 aromatic carbocycles. The van der Waals surface area contributed by atoms with Crippen molar-refractivity contribution in [3.63, 3.8) is 0 Å². The van der Waals surface area contributed by atoms with Gasteiger partial charge in [0, 0.05) is 12.6 Å². The maximum atomic E-state index is 8.80. The molecule has 0 aliphatic heterocycles. The van der Waals surface area contributed by atoms with Gasteiger partial charge in [-0.15, -0.1) is 0 Å². The fraction of sp³-hybridized carbons (Fsp3) is 1.00. The standard InChI is InChI=1S/C13H25NO/c1-12(2)10-5-6-13(12,3)11(9-10)14-7-4-8-15/h10-11,14-15H,4-9H2,1-3H3/t10-,11-,13+/m1/s1. The summed E-state index contributed by atoms with van der Waals surface area (Å²) in [5, 5.41) is 12.4. The van der Waals surface area contributed by atoms with E-state index in [1.807, 2.05) is 0 Å². The predicted octanol–water partition coefficient (Wildman–Crippen LogP) is 2.17. The molecule has 2 fully saturated rings. The molecule has 2 saturated carbocycles. The van der Waals surface area contributed by atoms with E-state index in [-0.39, 0.29) is 0 Å². The Morgan fingerprint density at radius 1 is 1.33 bits per heavy atom. The van der Waals surface area contributed by atoms with Crippen LogP contribution in [-0.2, 0) is 0 Å². The van der Waals surface area contributed by atoms with Crippen LogP contribution in [0.3, 0.4) is 0 Å². The predicted molar refractivity (Wildman–Crippen MR) is 62.7 cm³/mol. The Balaban J connectivity index is 1.99. The van der Waals surface area contributed by atoms with Crippen molar-refractivity contribution in [3.05, 3.63) is 0 Å². The van der Waals surface area contributed by atoms with E-state index in [1.54, 1.807) is 0 Å². The normalized spacial score (nSPS) is 42.4. The van der Waals surface area contributed by atoms with Crippen molar-refractivity contribution >= 4 is 0 Å². The van der Waals surface area contributed by atoms with Gasteiger partial charge in [0.25, 0.3) is 0 Å². The van der Waals surface area contributed by atoms with Gasteiger partial charge in [-0.3, -0.25) is 0 Å². The Morgan fingerprint density at radius 2 is 2.07 bits per heavy atom. The minimum Gasteiger partial charge on any atom is -0.396 e. The van der Waals surface area contributed by atoms with Crippen LogP contribution < -0.4 is 5.32 Å². The van der Waals surface area contributed by atoms with Gasteiger partial charge < -0.3 is 10.4 Å². The molecule has 0 spiro atoms. The Morgan fingerprint density at radius 3 is 2.53 bits per heavy atom. The van der Waals surface area contributed by atoms with Gasteiger partial charge in [0.1, 0.15) is 0 Å². The van der Waals surface area contributed by atoms with Crippen molar-refractivity contribution in [1.29, 1.82) is 0 Å². The first kappa shape index (κ1) is 11.4.